The zero-order valence-electron chi connectivity index (χ0n) is 11.9. The second-order valence-electron chi connectivity index (χ2n) is 5.05. The number of carbonyl (C=O) groups is 1. The standard InChI is InChI=1S/C16H16N4O/c1-10-7-8-20-14(9-10)18-11(2)15(20)16(21)19-13-5-3-12(17)4-6-13/h3-9H,17H2,1-2H3,(H,19,21). The molecule has 0 saturated carbocycles. The number of aromatic nitrogens is 2. The molecule has 0 saturated heterocycles. The van der Waals surface area contributed by atoms with E-state index in [9.17, 15) is 4.79 Å². The summed E-state index contributed by atoms with van der Waals surface area (Å²) < 4.78 is 1.80. The van der Waals surface area contributed by atoms with Crippen LogP contribution in [-0.2, 0) is 0 Å². The number of hydrogen-bond acceptors (Lipinski definition) is 3. The first-order chi connectivity index (χ1) is 10.0. The summed E-state index contributed by atoms with van der Waals surface area (Å²) in [6, 6.07) is 11.0. The summed E-state index contributed by atoms with van der Waals surface area (Å²) in [5.41, 5.74) is 10.1. The van der Waals surface area contributed by atoms with E-state index in [0.29, 0.717) is 22.8 Å². The summed E-state index contributed by atoms with van der Waals surface area (Å²) in [4.78, 5) is 16.9. The Labute approximate surface area is 122 Å². The fourth-order valence-electron chi connectivity index (χ4n) is 2.29. The number of nitrogens with zero attached hydrogens (tertiary/aromatic N) is 2. The number of fused-ring (bicyclic) bond motifs is 1. The van der Waals surface area contributed by atoms with Crippen molar-refractivity contribution in [3.05, 3.63) is 59.5 Å². The molecule has 3 N–H and O–H groups in total. The number of anilines is 2. The fourth-order valence-corrected chi connectivity index (χ4v) is 2.29. The molecule has 0 atom stereocenters. The highest BCUT2D eigenvalue weighted by atomic mass is 16.2. The van der Waals surface area contributed by atoms with Gasteiger partial charge in [0.25, 0.3) is 5.91 Å². The van der Waals surface area contributed by atoms with Gasteiger partial charge in [0.1, 0.15) is 11.3 Å². The van der Waals surface area contributed by atoms with Gasteiger partial charge in [-0.3, -0.25) is 9.20 Å². The SMILES string of the molecule is Cc1ccn2c(C(=O)Nc3ccc(N)cc3)c(C)nc2c1. The minimum absolute atomic E-state index is 0.186. The lowest BCUT2D eigenvalue weighted by Crippen LogP contribution is -2.15. The van der Waals surface area contributed by atoms with Gasteiger partial charge in [0.05, 0.1) is 5.69 Å². The fraction of sp³-hybridized carbons (Fsp3) is 0.125. The van der Waals surface area contributed by atoms with E-state index in [1.165, 1.54) is 0 Å². The molecule has 1 amide bonds. The number of rotatable bonds is 2. The van der Waals surface area contributed by atoms with Crippen LogP contribution in [0.2, 0.25) is 0 Å². The first kappa shape index (κ1) is 13.2. The van der Waals surface area contributed by atoms with Gasteiger partial charge in [0.15, 0.2) is 0 Å². The van der Waals surface area contributed by atoms with E-state index in [4.69, 9.17) is 5.73 Å². The second kappa shape index (κ2) is 4.94. The van der Waals surface area contributed by atoms with Crippen LogP contribution in [0.4, 0.5) is 11.4 Å². The third kappa shape index (κ3) is 2.45. The van der Waals surface area contributed by atoms with E-state index in [-0.39, 0.29) is 5.91 Å². The van der Waals surface area contributed by atoms with Gasteiger partial charge in [-0.15, -0.1) is 0 Å². The van der Waals surface area contributed by atoms with Crippen molar-refractivity contribution in [2.45, 2.75) is 13.8 Å². The number of hydrogen-bond donors (Lipinski definition) is 2. The summed E-state index contributed by atoms with van der Waals surface area (Å²) in [5, 5.41) is 2.86. The molecule has 0 radical (unpaired) electrons. The average molecular weight is 280 g/mol. The lowest BCUT2D eigenvalue weighted by Gasteiger charge is -2.06. The van der Waals surface area contributed by atoms with Crippen molar-refractivity contribution < 1.29 is 4.79 Å². The molecule has 0 aliphatic carbocycles. The summed E-state index contributed by atoms with van der Waals surface area (Å²) in [7, 11) is 0. The van der Waals surface area contributed by atoms with E-state index >= 15 is 0 Å². The van der Waals surface area contributed by atoms with Gasteiger partial charge >= 0.3 is 0 Å². The molecule has 2 aromatic heterocycles. The topological polar surface area (TPSA) is 72.4 Å². The molecule has 0 spiro atoms. The average Bonchev–Trinajstić information content (AvgIpc) is 2.76. The van der Waals surface area contributed by atoms with Crippen LogP contribution in [0.1, 0.15) is 21.7 Å². The molecule has 106 valence electrons. The van der Waals surface area contributed by atoms with E-state index in [1.807, 2.05) is 32.2 Å². The van der Waals surface area contributed by atoms with E-state index in [2.05, 4.69) is 10.3 Å². The Bertz CT molecular complexity index is 818. The van der Waals surface area contributed by atoms with Gasteiger partial charge in [0.2, 0.25) is 0 Å². The first-order valence-electron chi connectivity index (χ1n) is 6.67. The molecule has 1 aromatic carbocycles. The molecular weight excluding hydrogens is 264 g/mol. The van der Waals surface area contributed by atoms with Crippen LogP contribution >= 0.6 is 0 Å². The van der Waals surface area contributed by atoms with Crippen molar-refractivity contribution in [1.82, 2.24) is 9.38 Å². The third-order valence-corrected chi connectivity index (χ3v) is 3.34. The summed E-state index contributed by atoms with van der Waals surface area (Å²) >= 11 is 0. The molecule has 0 unspecified atom stereocenters. The predicted molar refractivity (Wildman–Crippen MR) is 83.5 cm³/mol. The Morgan fingerprint density at radius 3 is 2.62 bits per heavy atom. The van der Waals surface area contributed by atoms with Crippen LogP contribution in [0.5, 0.6) is 0 Å². The Morgan fingerprint density at radius 1 is 1.19 bits per heavy atom. The highest BCUT2D eigenvalue weighted by Crippen LogP contribution is 2.16. The Balaban J connectivity index is 1.97. The minimum Gasteiger partial charge on any atom is -0.399 e. The maximum absolute atomic E-state index is 12.5. The molecule has 21 heavy (non-hydrogen) atoms. The first-order valence-corrected chi connectivity index (χ1v) is 6.67. The Kier molecular flexibility index (Phi) is 3.10. The highest BCUT2D eigenvalue weighted by molar-refractivity contribution is 6.04. The van der Waals surface area contributed by atoms with Gasteiger partial charge in [-0.05, 0) is 55.8 Å². The molecule has 3 aromatic rings. The van der Waals surface area contributed by atoms with Crippen molar-refractivity contribution >= 4 is 22.9 Å². The summed E-state index contributed by atoms with van der Waals surface area (Å²) in [6.07, 6.45) is 1.86. The van der Waals surface area contributed by atoms with Gasteiger partial charge in [-0.25, -0.2) is 4.98 Å². The van der Waals surface area contributed by atoms with Crippen LogP contribution in [0.3, 0.4) is 0 Å². The number of imidazole rings is 1. The van der Waals surface area contributed by atoms with Gasteiger partial charge < -0.3 is 11.1 Å². The summed E-state index contributed by atoms with van der Waals surface area (Å²) in [6.45, 7) is 3.83. The number of pyridine rings is 1. The number of amides is 1. The van der Waals surface area contributed by atoms with Crippen molar-refractivity contribution in [2.24, 2.45) is 0 Å². The molecule has 0 aliphatic rings. The highest BCUT2D eigenvalue weighted by Gasteiger charge is 2.16. The van der Waals surface area contributed by atoms with E-state index < -0.39 is 0 Å². The number of carbonyl (C=O) groups excluding carboxylic acids is 1. The molecule has 5 nitrogen and oxygen atoms in total. The summed E-state index contributed by atoms with van der Waals surface area (Å²) in [5.74, 6) is -0.186. The number of nitrogen functional groups attached to an aromatic ring is 1. The maximum atomic E-state index is 12.5. The van der Waals surface area contributed by atoms with Gasteiger partial charge in [0, 0.05) is 17.6 Å². The molecule has 3 rings (SSSR count). The lowest BCUT2D eigenvalue weighted by molar-refractivity contribution is 0.102. The van der Waals surface area contributed by atoms with Crippen LogP contribution in [0, 0.1) is 13.8 Å². The molecule has 0 aliphatic heterocycles. The maximum Gasteiger partial charge on any atom is 0.274 e. The zero-order valence-corrected chi connectivity index (χ0v) is 11.9. The monoisotopic (exact) mass is 280 g/mol. The predicted octanol–water partition coefficient (Wildman–Crippen LogP) is 2.79. The zero-order chi connectivity index (χ0) is 15.0. The number of nitrogens with two attached hydrogens (primary N) is 1. The smallest absolute Gasteiger partial charge is 0.274 e. The Morgan fingerprint density at radius 2 is 1.90 bits per heavy atom. The third-order valence-electron chi connectivity index (χ3n) is 3.34. The van der Waals surface area contributed by atoms with Crippen molar-refractivity contribution in [3.8, 4) is 0 Å². The molecule has 0 fully saturated rings. The van der Waals surface area contributed by atoms with E-state index in [0.717, 1.165) is 11.2 Å². The van der Waals surface area contributed by atoms with Crippen molar-refractivity contribution in [2.75, 3.05) is 11.1 Å². The van der Waals surface area contributed by atoms with Crippen LogP contribution < -0.4 is 11.1 Å². The van der Waals surface area contributed by atoms with Crippen LogP contribution in [0.25, 0.3) is 5.65 Å². The Hall–Kier alpha value is -2.82. The molecule has 0 bridgehead atoms. The molecule has 2 heterocycles. The van der Waals surface area contributed by atoms with Gasteiger partial charge in [-0.1, -0.05) is 0 Å². The van der Waals surface area contributed by atoms with Crippen LogP contribution in [0.15, 0.2) is 42.6 Å². The molecule has 5 heteroatoms. The largest absolute Gasteiger partial charge is 0.399 e. The number of aryl methyl sites for hydroxylation is 2. The quantitative estimate of drug-likeness (QED) is 0.709. The van der Waals surface area contributed by atoms with Crippen molar-refractivity contribution in [1.29, 1.82) is 0 Å². The van der Waals surface area contributed by atoms with E-state index in [1.54, 1.807) is 28.7 Å². The van der Waals surface area contributed by atoms with Gasteiger partial charge in [-0.2, -0.15) is 0 Å². The molecular formula is C16H16N4O. The minimum atomic E-state index is -0.186. The van der Waals surface area contributed by atoms with Crippen LogP contribution in [-0.4, -0.2) is 15.3 Å². The lowest BCUT2D eigenvalue weighted by atomic mass is 10.2. The second-order valence-corrected chi connectivity index (χ2v) is 5.05. The number of benzene rings is 1. The normalized spacial score (nSPS) is 10.8. The number of nitrogens with one attached hydrogen (secondary N) is 1. The van der Waals surface area contributed by atoms with Crippen molar-refractivity contribution in [3.63, 3.8) is 0 Å².